The first-order valence-electron chi connectivity index (χ1n) is 10.5. The standard InChI is InChI=1S/C23H22N4O5/c28-21-13-24-16-5-1-2-6-17(16)27(21)14-22(29)25-9-11-26(12-10-25)23(30)20-15-31-18-7-3-4-8-19(18)32-20/h1-8,13,20H,9-12,14-15H2/t20-/m1/s1. The van der Waals surface area contributed by atoms with Crippen LogP contribution in [-0.4, -0.2) is 70.1 Å². The van der Waals surface area contributed by atoms with Crippen molar-refractivity contribution in [3.63, 3.8) is 0 Å². The van der Waals surface area contributed by atoms with Crippen LogP contribution in [0.25, 0.3) is 11.0 Å². The first-order valence-corrected chi connectivity index (χ1v) is 10.5. The SMILES string of the molecule is O=C(Cn1c(=O)cnc2ccccc21)N1CCN(C(=O)[C@H]2COc3ccccc3O2)CC1. The minimum Gasteiger partial charge on any atom is -0.485 e. The van der Waals surface area contributed by atoms with Gasteiger partial charge in [0, 0.05) is 26.2 Å². The number of carbonyl (C=O) groups excluding carboxylic acids is 2. The fourth-order valence-electron chi connectivity index (χ4n) is 4.03. The molecule has 164 valence electrons. The Labute approximate surface area is 183 Å². The van der Waals surface area contributed by atoms with Crippen molar-refractivity contribution in [3.05, 3.63) is 65.1 Å². The minimum atomic E-state index is -0.700. The molecule has 0 radical (unpaired) electrons. The Morgan fingerprint density at radius 3 is 2.44 bits per heavy atom. The molecule has 5 rings (SSSR count). The number of hydrogen-bond donors (Lipinski definition) is 0. The van der Waals surface area contributed by atoms with E-state index in [1.165, 1.54) is 10.8 Å². The summed E-state index contributed by atoms with van der Waals surface area (Å²) in [5.74, 6) is 0.872. The predicted octanol–water partition coefficient (Wildman–Crippen LogP) is 0.907. The first-order chi connectivity index (χ1) is 15.6. The fourth-order valence-corrected chi connectivity index (χ4v) is 4.03. The number of carbonyl (C=O) groups is 2. The highest BCUT2D eigenvalue weighted by molar-refractivity contribution is 5.83. The van der Waals surface area contributed by atoms with Gasteiger partial charge in [-0.25, -0.2) is 4.98 Å². The maximum Gasteiger partial charge on any atom is 0.269 e. The van der Waals surface area contributed by atoms with E-state index in [2.05, 4.69) is 4.98 Å². The Balaban J connectivity index is 1.21. The minimum absolute atomic E-state index is 0.0633. The highest BCUT2D eigenvalue weighted by Gasteiger charge is 2.33. The van der Waals surface area contributed by atoms with Crippen LogP contribution in [0.15, 0.2) is 59.5 Å². The van der Waals surface area contributed by atoms with Crippen molar-refractivity contribution in [3.8, 4) is 11.5 Å². The summed E-state index contributed by atoms with van der Waals surface area (Å²) < 4.78 is 12.9. The average Bonchev–Trinajstić information content (AvgIpc) is 2.85. The molecule has 0 N–H and O–H groups in total. The Morgan fingerprint density at radius 1 is 0.938 bits per heavy atom. The van der Waals surface area contributed by atoms with Crippen LogP contribution in [-0.2, 0) is 16.1 Å². The summed E-state index contributed by atoms with van der Waals surface area (Å²) in [7, 11) is 0. The van der Waals surface area contributed by atoms with Crippen LogP contribution in [0, 0.1) is 0 Å². The van der Waals surface area contributed by atoms with Crippen LogP contribution < -0.4 is 15.0 Å². The number of ether oxygens (including phenoxy) is 2. The van der Waals surface area contributed by atoms with Gasteiger partial charge in [-0.2, -0.15) is 0 Å². The molecule has 2 aliphatic rings. The molecule has 1 fully saturated rings. The normalized spacial score (nSPS) is 17.9. The van der Waals surface area contributed by atoms with Gasteiger partial charge in [-0.05, 0) is 24.3 Å². The summed E-state index contributed by atoms with van der Waals surface area (Å²) in [6, 6.07) is 14.5. The largest absolute Gasteiger partial charge is 0.485 e. The maximum atomic E-state index is 12.9. The van der Waals surface area contributed by atoms with Gasteiger partial charge in [0.15, 0.2) is 11.5 Å². The predicted molar refractivity (Wildman–Crippen MR) is 116 cm³/mol. The number of hydrogen-bond acceptors (Lipinski definition) is 6. The zero-order chi connectivity index (χ0) is 22.1. The molecule has 1 aromatic heterocycles. The van der Waals surface area contributed by atoms with Gasteiger partial charge < -0.3 is 19.3 Å². The van der Waals surface area contributed by atoms with E-state index >= 15 is 0 Å². The number of piperazine rings is 1. The zero-order valence-electron chi connectivity index (χ0n) is 17.3. The third kappa shape index (κ3) is 3.77. The Morgan fingerprint density at radius 2 is 1.62 bits per heavy atom. The molecule has 0 aliphatic carbocycles. The Bertz CT molecular complexity index is 1230. The topological polar surface area (TPSA) is 94.0 Å². The molecule has 9 nitrogen and oxygen atoms in total. The second-order valence-electron chi connectivity index (χ2n) is 7.74. The molecule has 2 aromatic carbocycles. The second kappa shape index (κ2) is 8.33. The molecule has 1 atom stereocenters. The second-order valence-corrected chi connectivity index (χ2v) is 7.74. The van der Waals surface area contributed by atoms with Crippen LogP contribution in [0.2, 0.25) is 0 Å². The maximum absolute atomic E-state index is 12.9. The van der Waals surface area contributed by atoms with E-state index in [0.29, 0.717) is 48.7 Å². The van der Waals surface area contributed by atoms with Crippen molar-refractivity contribution in [1.82, 2.24) is 19.4 Å². The summed E-state index contributed by atoms with van der Waals surface area (Å²) in [5.41, 5.74) is 0.962. The molecule has 0 unspecified atom stereocenters. The van der Waals surface area contributed by atoms with Gasteiger partial charge in [0.1, 0.15) is 13.2 Å². The highest BCUT2D eigenvalue weighted by Crippen LogP contribution is 2.31. The van der Waals surface area contributed by atoms with E-state index in [9.17, 15) is 14.4 Å². The van der Waals surface area contributed by atoms with Crippen molar-refractivity contribution in [1.29, 1.82) is 0 Å². The molecule has 32 heavy (non-hydrogen) atoms. The number of fused-ring (bicyclic) bond motifs is 2. The molecular weight excluding hydrogens is 412 g/mol. The Hall–Kier alpha value is -3.88. The molecule has 2 amide bonds. The molecule has 0 saturated carbocycles. The van der Waals surface area contributed by atoms with Crippen molar-refractivity contribution in [2.45, 2.75) is 12.6 Å². The lowest BCUT2D eigenvalue weighted by Crippen LogP contribution is -2.55. The van der Waals surface area contributed by atoms with Crippen LogP contribution in [0.4, 0.5) is 0 Å². The fraction of sp³-hybridized carbons (Fsp3) is 0.304. The van der Waals surface area contributed by atoms with E-state index in [1.807, 2.05) is 24.3 Å². The number of nitrogens with zero attached hydrogens (tertiary/aromatic N) is 4. The highest BCUT2D eigenvalue weighted by atomic mass is 16.6. The number of amides is 2. The van der Waals surface area contributed by atoms with Gasteiger partial charge in [-0.15, -0.1) is 0 Å². The molecule has 1 saturated heterocycles. The molecule has 2 aliphatic heterocycles. The van der Waals surface area contributed by atoms with Crippen molar-refractivity contribution >= 4 is 22.8 Å². The number of aromatic nitrogens is 2. The molecule has 9 heteroatoms. The van der Waals surface area contributed by atoms with Crippen LogP contribution in [0.5, 0.6) is 11.5 Å². The smallest absolute Gasteiger partial charge is 0.269 e. The summed E-state index contributed by atoms with van der Waals surface area (Å²) >= 11 is 0. The first kappa shape index (κ1) is 20.0. The summed E-state index contributed by atoms with van der Waals surface area (Å²) in [6.45, 7) is 1.69. The number of para-hydroxylation sites is 4. The lowest BCUT2D eigenvalue weighted by atomic mass is 10.2. The third-order valence-electron chi connectivity index (χ3n) is 5.77. The van der Waals surface area contributed by atoms with Crippen LogP contribution in [0.1, 0.15) is 0 Å². The van der Waals surface area contributed by atoms with Gasteiger partial charge in [0.2, 0.25) is 12.0 Å². The van der Waals surface area contributed by atoms with Crippen LogP contribution >= 0.6 is 0 Å². The molecule has 0 spiro atoms. The van der Waals surface area contributed by atoms with Crippen LogP contribution in [0.3, 0.4) is 0 Å². The van der Waals surface area contributed by atoms with E-state index in [-0.39, 0.29) is 30.5 Å². The molecule has 3 aromatic rings. The molecule has 0 bridgehead atoms. The quantitative estimate of drug-likeness (QED) is 0.608. The zero-order valence-corrected chi connectivity index (χ0v) is 17.3. The summed E-state index contributed by atoms with van der Waals surface area (Å²) in [4.78, 5) is 45.6. The van der Waals surface area contributed by atoms with Gasteiger partial charge in [-0.1, -0.05) is 24.3 Å². The lowest BCUT2D eigenvalue weighted by molar-refractivity contribution is -0.146. The van der Waals surface area contributed by atoms with E-state index in [0.717, 1.165) is 0 Å². The lowest BCUT2D eigenvalue weighted by Gasteiger charge is -2.37. The number of benzene rings is 2. The van der Waals surface area contributed by atoms with Gasteiger partial charge in [0.25, 0.3) is 11.5 Å². The third-order valence-corrected chi connectivity index (χ3v) is 5.77. The van der Waals surface area contributed by atoms with E-state index in [1.54, 1.807) is 34.1 Å². The van der Waals surface area contributed by atoms with Crippen molar-refractivity contribution < 1.29 is 19.1 Å². The van der Waals surface area contributed by atoms with Crippen molar-refractivity contribution in [2.75, 3.05) is 32.8 Å². The van der Waals surface area contributed by atoms with E-state index < -0.39 is 6.10 Å². The average molecular weight is 434 g/mol. The van der Waals surface area contributed by atoms with Gasteiger partial charge in [-0.3, -0.25) is 19.0 Å². The summed E-state index contributed by atoms with van der Waals surface area (Å²) in [6.07, 6.45) is 0.533. The molecule has 3 heterocycles. The Kier molecular flexibility index (Phi) is 5.22. The van der Waals surface area contributed by atoms with Gasteiger partial charge in [0.05, 0.1) is 17.2 Å². The van der Waals surface area contributed by atoms with Gasteiger partial charge >= 0.3 is 0 Å². The summed E-state index contributed by atoms with van der Waals surface area (Å²) in [5, 5.41) is 0. The molecular formula is C23H22N4O5. The van der Waals surface area contributed by atoms with Crippen molar-refractivity contribution in [2.24, 2.45) is 0 Å². The van der Waals surface area contributed by atoms with E-state index in [4.69, 9.17) is 9.47 Å². The monoisotopic (exact) mass is 434 g/mol. The number of rotatable bonds is 3.